The van der Waals surface area contributed by atoms with Crippen molar-refractivity contribution in [1.29, 1.82) is 0 Å². The van der Waals surface area contributed by atoms with Gasteiger partial charge >= 0.3 is 6.18 Å². The minimum Gasteiger partial charge on any atom is -0.365 e. The number of nitro groups is 1. The molecule has 31 heavy (non-hydrogen) atoms. The number of likely N-dealkylation sites (N-methyl/N-ethyl adjacent to an activating group) is 1. The molecular weight excluding hydrogens is 416 g/mol. The summed E-state index contributed by atoms with van der Waals surface area (Å²) in [4.78, 5) is 12.1. The van der Waals surface area contributed by atoms with E-state index in [1.54, 1.807) is 6.07 Å². The van der Waals surface area contributed by atoms with Crippen LogP contribution in [0, 0.1) is 15.9 Å². The number of halogens is 4. The largest absolute Gasteiger partial charge is 0.416 e. The average Bonchev–Trinajstić information content (AvgIpc) is 2.66. The molecule has 10 heteroatoms. The van der Waals surface area contributed by atoms with E-state index in [0.717, 1.165) is 23.4 Å². The first kappa shape index (κ1) is 22.3. The number of fused-ring (bicyclic) bond motifs is 1. The molecule has 0 atom stereocenters. The van der Waals surface area contributed by atoms with E-state index >= 15 is 0 Å². The smallest absolute Gasteiger partial charge is 0.365 e. The van der Waals surface area contributed by atoms with Gasteiger partial charge in [-0.05, 0) is 50.6 Å². The molecule has 0 aliphatic carbocycles. The Balaban J connectivity index is 1.91. The molecule has 0 unspecified atom stereocenters. The first-order valence-corrected chi connectivity index (χ1v) is 9.23. The molecule has 1 heterocycles. The Bertz CT molecular complexity index is 1110. The van der Waals surface area contributed by atoms with E-state index in [0.29, 0.717) is 17.8 Å². The summed E-state index contributed by atoms with van der Waals surface area (Å²) in [5, 5.41) is 14.9. The maximum atomic E-state index is 14.6. The Kier molecular flexibility index (Phi) is 5.51. The lowest BCUT2D eigenvalue weighted by Gasteiger charge is -2.40. The molecular formula is C21H20F4N4O2. The first-order chi connectivity index (χ1) is 14.3. The number of hydrogen-bond acceptors (Lipinski definition) is 5. The summed E-state index contributed by atoms with van der Waals surface area (Å²) in [6.45, 7) is 5.93. The molecule has 1 aliphatic heterocycles. The van der Waals surface area contributed by atoms with Crippen LogP contribution in [0.4, 0.5) is 34.6 Å². The molecule has 164 valence electrons. The van der Waals surface area contributed by atoms with Crippen LogP contribution in [0.3, 0.4) is 0 Å². The van der Waals surface area contributed by atoms with Crippen molar-refractivity contribution >= 4 is 28.8 Å². The summed E-state index contributed by atoms with van der Waals surface area (Å²) in [6, 6.07) is 5.02. The quantitative estimate of drug-likeness (QED) is 0.283. The second-order valence-electron chi connectivity index (χ2n) is 7.79. The van der Waals surface area contributed by atoms with Crippen LogP contribution in [0.1, 0.15) is 37.5 Å². The third kappa shape index (κ3) is 4.37. The lowest BCUT2D eigenvalue weighted by molar-refractivity contribution is -0.384. The van der Waals surface area contributed by atoms with E-state index in [1.165, 1.54) is 6.07 Å². The van der Waals surface area contributed by atoms with Gasteiger partial charge in [0.2, 0.25) is 0 Å². The fourth-order valence-corrected chi connectivity index (χ4v) is 3.41. The number of nitro benzene ring substituents is 1. The lowest BCUT2D eigenvalue weighted by atomic mass is 9.88. The van der Waals surface area contributed by atoms with Crippen LogP contribution in [0.25, 0.3) is 5.57 Å². The molecule has 0 aromatic heterocycles. The molecule has 2 aromatic carbocycles. The average molecular weight is 436 g/mol. The van der Waals surface area contributed by atoms with Crippen LogP contribution in [-0.2, 0) is 6.18 Å². The number of benzene rings is 2. The fraction of sp³-hybridized carbons (Fsp3) is 0.286. The van der Waals surface area contributed by atoms with Crippen molar-refractivity contribution in [1.82, 2.24) is 0 Å². The molecule has 1 aliphatic rings. The zero-order valence-corrected chi connectivity index (χ0v) is 17.2. The van der Waals surface area contributed by atoms with Gasteiger partial charge in [-0.3, -0.25) is 15.5 Å². The number of allylic oxidation sites excluding steroid dienone is 1. The second kappa shape index (κ2) is 7.68. The normalized spacial score (nSPS) is 15.6. The van der Waals surface area contributed by atoms with Gasteiger partial charge in [0.1, 0.15) is 11.5 Å². The van der Waals surface area contributed by atoms with Gasteiger partial charge in [-0.1, -0.05) is 6.08 Å². The Labute approximate surface area is 176 Å². The topological polar surface area (TPSA) is 70.8 Å². The highest BCUT2D eigenvalue weighted by atomic mass is 19.4. The molecule has 0 radical (unpaired) electrons. The highest BCUT2D eigenvalue weighted by Gasteiger charge is 2.33. The third-order valence-electron chi connectivity index (χ3n) is 5.25. The Morgan fingerprint density at radius 3 is 2.52 bits per heavy atom. The standard InChI is InChI=1S/C21H20F4N4O2/c1-12-10-20(2,3)28(4)18-9-16(22)13(7-15(12)18)11-26-27-17-6-5-14(21(23,24)25)8-19(17)29(30)31/h5-11,27H,1-4H3/b26-11+. The molecule has 0 fully saturated rings. The van der Waals surface area contributed by atoms with E-state index in [2.05, 4.69) is 16.6 Å². The van der Waals surface area contributed by atoms with Gasteiger partial charge in [0.25, 0.3) is 5.69 Å². The summed E-state index contributed by atoms with van der Waals surface area (Å²) in [6.07, 6.45) is -1.53. The molecule has 2 aromatic rings. The fourth-order valence-electron chi connectivity index (χ4n) is 3.41. The molecule has 0 bridgehead atoms. The van der Waals surface area contributed by atoms with Gasteiger partial charge in [-0.25, -0.2) is 4.39 Å². The minimum absolute atomic E-state index is 0.127. The molecule has 3 rings (SSSR count). The molecule has 1 N–H and O–H groups in total. The minimum atomic E-state index is -4.72. The van der Waals surface area contributed by atoms with Crippen molar-refractivity contribution in [2.24, 2.45) is 5.10 Å². The zero-order valence-electron chi connectivity index (χ0n) is 17.2. The SMILES string of the molecule is CC1=CC(C)(C)N(C)c2cc(F)c(/C=N/Nc3ccc(C(F)(F)F)cc3[N+](=O)[O-])cc21. The summed E-state index contributed by atoms with van der Waals surface area (Å²) in [5.74, 6) is -0.552. The molecule has 6 nitrogen and oxygen atoms in total. The van der Waals surface area contributed by atoms with Crippen molar-refractivity contribution in [3.63, 3.8) is 0 Å². The van der Waals surface area contributed by atoms with Gasteiger partial charge < -0.3 is 4.90 Å². The van der Waals surface area contributed by atoms with Gasteiger partial charge in [0.15, 0.2) is 0 Å². The number of rotatable bonds is 4. The van der Waals surface area contributed by atoms with Crippen LogP contribution in [0.2, 0.25) is 0 Å². The summed E-state index contributed by atoms with van der Waals surface area (Å²) in [5.41, 5.74) is 2.46. The number of anilines is 2. The van der Waals surface area contributed by atoms with Crippen molar-refractivity contribution < 1.29 is 22.5 Å². The molecule has 0 amide bonds. The van der Waals surface area contributed by atoms with Crippen molar-refractivity contribution in [3.8, 4) is 0 Å². The number of hydrogen-bond donors (Lipinski definition) is 1. The molecule has 0 saturated heterocycles. The third-order valence-corrected chi connectivity index (χ3v) is 5.25. The summed E-state index contributed by atoms with van der Waals surface area (Å²) < 4.78 is 53.1. The Morgan fingerprint density at radius 1 is 1.23 bits per heavy atom. The van der Waals surface area contributed by atoms with Crippen LogP contribution in [0.5, 0.6) is 0 Å². The number of hydrazone groups is 1. The van der Waals surface area contributed by atoms with Crippen LogP contribution in [-0.4, -0.2) is 23.7 Å². The van der Waals surface area contributed by atoms with E-state index in [4.69, 9.17) is 0 Å². The van der Waals surface area contributed by atoms with Crippen molar-refractivity contribution in [2.75, 3.05) is 17.4 Å². The van der Waals surface area contributed by atoms with E-state index < -0.39 is 28.2 Å². The molecule has 0 saturated carbocycles. The monoisotopic (exact) mass is 436 g/mol. The number of alkyl halides is 3. The summed E-state index contributed by atoms with van der Waals surface area (Å²) in [7, 11) is 1.86. The maximum absolute atomic E-state index is 14.6. The van der Waals surface area contributed by atoms with Gasteiger partial charge in [-0.15, -0.1) is 0 Å². The predicted molar refractivity (Wildman–Crippen MR) is 112 cm³/mol. The summed E-state index contributed by atoms with van der Waals surface area (Å²) >= 11 is 0. The highest BCUT2D eigenvalue weighted by Crippen LogP contribution is 2.39. The maximum Gasteiger partial charge on any atom is 0.416 e. The Hall–Kier alpha value is -3.43. The van der Waals surface area contributed by atoms with Gasteiger partial charge in [0.05, 0.1) is 22.2 Å². The lowest BCUT2D eigenvalue weighted by Crippen LogP contribution is -2.42. The predicted octanol–water partition coefficient (Wildman–Crippen LogP) is 5.83. The van der Waals surface area contributed by atoms with E-state index in [9.17, 15) is 27.7 Å². The first-order valence-electron chi connectivity index (χ1n) is 9.23. The molecule has 0 spiro atoms. The number of nitrogens with one attached hydrogen (secondary N) is 1. The van der Waals surface area contributed by atoms with Crippen LogP contribution in [0.15, 0.2) is 41.5 Å². The van der Waals surface area contributed by atoms with E-state index in [-0.39, 0.29) is 16.8 Å². The van der Waals surface area contributed by atoms with E-state index in [1.807, 2.05) is 32.7 Å². The zero-order chi connectivity index (χ0) is 23.1. The van der Waals surface area contributed by atoms with Crippen molar-refractivity contribution in [3.05, 3.63) is 69.0 Å². The number of nitrogens with zero attached hydrogens (tertiary/aromatic N) is 3. The van der Waals surface area contributed by atoms with Gasteiger partial charge in [0, 0.05) is 29.9 Å². The Morgan fingerprint density at radius 2 is 1.90 bits per heavy atom. The second-order valence-corrected chi connectivity index (χ2v) is 7.79. The van der Waals surface area contributed by atoms with Gasteiger partial charge in [-0.2, -0.15) is 18.3 Å². The van der Waals surface area contributed by atoms with Crippen LogP contribution >= 0.6 is 0 Å². The van der Waals surface area contributed by atoms with Crippen molar-refractivity contribution in [2.45, 2.75) is 32.5 Å². The highest BCUT2D eigenvalue weighted by molar-refractivity contribution is 5.88. The van der Waals surface area contributed by atoms with Crippen LogP contribution < -0.4 is 10.3 Å².